The molecule has 4 aromatic carbocycles. The lowest BCUT2D eigenvalue weighted by molar-refractivity contribution is -0.152. The van der Waals surface area contributed by atoms with Crippen molar-refractivity contribution in [3.63, 3.8) is 0 Å². The van der Waals surface area contributed by atoms with Crippen LogP contribution in [-0.2, 0) is 39.1 Å². The molecular weight excluding hydrogens is 953 g/mol. The molecule has 0 aliphatic carbocycles. The molecular formula is C48H64N4O12S4. The quantitative estimate of drug-likeness (QED) is 0.0744. The Kier molecular flexibility index (Phi) is 19.9. The van der Waals surface area contributed by atoms with Crippen molar-refractivity contribution in [2.24, 2.45) is 0 Å². The van der Waals surface area contributed by atoms with Crippen LogP contribution in [0.15, 0.2) is 105 Å². The van der Waals surface area contributed by atoms with Gasteiger partial charge in [-0.1, -0.05) is 75.9 Å². The van der Waals surface area contributed by atoms with E-state index in [-0.39, 0.29) is 46.6 Å². The summed E-state index contributed by atoms with van der Waals surface area (Å²) in [7, 11) is -2.07. The van der Waals surface area contributed by atoms with Gasteiger partial charge in [-0.2, -0.15) is 8.61 Å². The Hall–Kier alpha value is -4.54. The van der Waals surface area contributed by atoms with Crippen LogP contribution in [0.25, 0.3) is 0 Å². The molecule has 4 atom stereocenters. The van der Waals surface area contributed by atoms with E-state index in [1.807, 2.05) is 83.0 Å². The van der Waals surface area contributed by atoms with Crippen LogP contribution >= 0.6 is 23.5 Å². The van der Waals surface area contributed by atoms with E-state index in [4.69, 9.17) is 9.47 Å². The van der Waals surface area contributed by atoms with Gasteiger partial charge in [0.05, 0.1) is 35.4 Å². The second-order valence-corrected chi connectivity index (χ2v) is 21.8. The van der Waals surface area contributed by atoms with Gasteiger partial charge in [-0.25, -0.2) is 26.4 Å². The molecule has 2 aliphatic rings. The van der Waals surface area contributed by atoms with Crippen LogP contribution in [0.3, 0.4) is 0 Å². The first-order valence-corrected chi connectivity index (χ1v) is 27.6. The molecule has 2 N–H and O–H groups in total. The molecule has 20 heteroatoms. The van der Waals surface area contributed by atoms with Crippen LogP contribution in [0.1, 0.15) is 52.4 Å². The number of likely N-dealkylation sites (N-methyl/N-ethyl adjacent to an activating group) is 2. The van der Waals surface area contributed by atoms with Gasteiger partial charge in [0, 0.05) is 62.8 Å². The summed E-state index contributed by atoms with van der Waals surface area (Å²) < 4.78 is 78.3. The van der Waals surface area contributed by atoms with E-state index in [0.29, 0.717) is 34.3 Å². The third-order valence-electron chi connectivity index (χ3n) is 11.9. The van der Waals surface area contributed by atoms with E-state index in [1.54, 1.807) is 26.2 Å². The highest BCUT2D eigenvalue weighted by atomic mass is 32.2. The van der Waals surface area contributed by atoms with Gasteiger partial charge >= 0.3 is 11.9 Å². The Labute approximate surface area is 410 Å². The Balaban J connectivity index is 0.000000254. The number of aliphatic hydroxyl groups is 2. The van der Waals surface area contributed by atoms with E-state index in [9.17, 15) is 36.6 Å². The van der Waals surface area contributed by atoms with Crippen molar-refractivity contribution in [1.29, 1.82) is 0 Å². The molecule has 0 fully saturated rings. The SMILES string of the molecule is CCCC[C@@H]1CN(c2ccccc2)c2cc(SC)c(OCC(O)C(=O)OC)cc2S(=O)(=O)N1C.CCCC[C@H]1CN(c2ccccc2)c2cc(SC)c(OCC(O)C(=O)OC)cc2S(=O)(=O)N1C. The van der Waals surface area contributed by atoms with Gasteiger partial charge in [-0.05, 0) is 61.8 Å². The minimum absolute atomic E-state index is 0.123. The number of aliphatic hydroxyl groups excluding tert-OH is 2. The largest absolute Gasteiger partial charge is 0.489 e. The van der Waals surface area contributed by atoms with Crippen molar-refractivity contribution in [2.45, 2.75) is 96.2 Å². The highest BCUT2D eigenvalue weighted by Crippen LogP contribution is 2.45. The van der Waals surface area contributed by atoms with Crippen molar-refractivity contribution < 1.29 is 55.6 Å². The number of methoxy groups -OCH3 is 2. The van der Waals surface area contributed by atoms with E-state index in [2.05, 4.69) is 23.3 Å². The number of unbranched alkanes of at least 4 members (excludes halogenated alkanes) is 2. The summed E-state index contributed by atoms with van der Waals surface area (Å²) >= 11 is 2.79. The summed E-state index contributed by atoms with van der Waals surface area (Å²) in [6.45, 7) is 4.51. The van der Waals surface area contributed by atoms with Gasteiger partial charge in [-0.3, -0.25) is 0 Å². The van der Waals surface area contributed by atoms with Crippen molar-refractivity contribution in [1.82, 2.24) is 8.61 Å². The zero-order chi connectivity index (χ0) is 49.8. The van der Waals surface area contributed by atoms with Crippen molar-refractivity contribution >= 4 is 78.3 Å². The summed E-state index contributed by atoms with van der Waals surface area (Å²) in [4.78, 5) is 28.9. The monoisotopic (exact) mass is 1020 g/mol. The number of fused-ring (bicyclic) bond motifs is 2. The standard InChI is InChI=1S/2C24H32N2O6S2/c2*1-5-6-10-18-15-26(17-11-8-7-9-12-17)19-13-22(33-4)21(32-16-20(27)24(28)31-3)14-23(19)34(29,30)25(18)2/h2*7-9,11-14,18,20,27H,5-6,10,15-16H2,1-4H3/t2*18-,20?/m10/s1. The summed E-state index contributed by atoms with van der Waals surface area (Å²) in [5.74, 6) is -1.07. The lowest BCUT2D eigenvalue weighted by atomic mass is 10.1. The number of thioether (sulfide) groups is 2. The van der Waals surface area contributed by atoms with Gasteiger partial charge < -0.3 is 39.0 Å². The molecule has 372 valence electrons. The van der Waals surface area contributed by atoms with Crippen LogP contribution < -0.4 is 19.3 Å². The molecule has 2 aliphatic heterocycles. The highest BCUT2D eigenvalue weighted by Gasteiger charge is 2.39. The summed E-state index contributed by atoms with van der Waals surface area (Å²) in [5.41, 5.74) is 2.94. The molecule has 4 aromatic rings. The maximum Gasteiger partial charge on any atom is 0.338 e. The Bertz CT molecular complexity index is 2360. The number of hydrogen-bond acceptors (Lipinski definition) is 16. The van der Waals surface area contributed by atoms with E-state index in [0.717, 1.165) is 49.9 Å². The van der Waals surface area contributed by atoms with Gasteiger partial charge in [0.1, 0.15) is 34.5 Å². The Morgan fingerprint density at radius 2 is 0.985 bits per heavy atom. The van der Waals surface area contributed by atoms with Crippen molar-refractivity contribution in [3.8, 4) is 11.5 Å². The number of carbonyl (C=O) groups excluding carboxylic acids is 2. The minimum Gasteiger partial charge on any atom is -0.489 e. The Morgan fingerprint density at radius 1 is 0.632 bits per heavy atom. The molecule has 68 heavy (non-hydrogen) atoms. The first kappa shape index (κ1) is 54.4. The maximum atomic E-state index is 13.7. The molecule has 0 saturated heterocycles. The second kappa shape index (κ2) is 24.8. The first-order valence-electron chi connectivity index (χ1n) is 22.3. The number of nitrogens with zero attached hydrogens (tertiary/aromatic N) is 4. The summed E-state index contributed by atoms with van der Waals surface area (Å²) in [6.07, 6.45) is 6.03. The van der Waals surface area contributed by atoms with Crippen LogP contribution in [0.4, 0.5) is 22.7 Å². The van der Waals surface area contributed by atoms with Gasteiger partial charge in [0.15, 0.2) is 12.2 Å². The third-order valence-corrected chi connectivity index (χ3v) is 17.3. The zero-order valence-electron chi connectivity index (χ0n) is 39.9. The van der Waals surface area contributed by atoms with Crippen LogP contribution in [0, 0.1) is 0 Å². The lowest BCUT2D eigenvalue weighted by Gasteiger charge is -2.29. The number of sulfonamides is 2. The van der Waals surface area contributed by atoms with Crippen molar-refractivity contribution in [2.75, 3.05) is 76.9 Å². The fraction of sp³-hybridized carbons (Fsp3) is 0.458. The Morgan fingerprint density at radius 3 is 1.29 bits per heavy atom. The molecule has 6 rings (SSSR count). The summed E-state index contributed by atoms with van der Waals surface area (Å²) in [6, 6.07) is 25.6. The molecule has 0 saturated carbocycles. The highest BCUT2D eigenvalue weighted by molar-refractivity contribution is 7.99. The molecule has 2 unspecified atom stereocenters. The molecule has 0 spiro atoms. The van der Waals surface area contributed by atoms with Crippen LogP contribution in [-0.4, -0.2) is 139 Å². The molecule has 0 radical (unpaired) electrons. The number of carbonyl (C=O) groups is 2. The number of ether oxygens (including phenoxy) is 4. The second-order valence-electron chi connectivity index (χ2n) is 16.2. The number of hydrogen-bond donors (Lipinski definition) is 2. The summed E-state index contributed by atoms with van der Waals surface area (Å²) in [5, 5.41) is 19.9. The fourth-order valence-corrected chi connectivity index (χ4v) is 12.1. The average Bonchev–Trinajstić information content (AvgIpc) is 3.49. The zero-order valence-corrected chi connectivity index (χ0v) is 43.1. The topological polar surface area (TPSA) is 193 Å². The first-order chi connectivity index (χ1) is 32.5. The van der Waals surface area contributed by atoms with Crippen LogP contribution in [0.5, 0.6) is 11.5 Å². The van der Waals surface area contributed by atoms with Gasteiger partial charge in [-0.15, -0.1) is 23.5 Å². The lowest BCUT2D eigenvalue weighted by Crippen LogP contribution is -2.40. The molecule has 0 bridgehead atoms. The third kappa shape index (κ3) is 12.6. The van der Waals surface area contributed by atoms with Crippen LogP contribution in [0.2, 0.25) is 0 Å². The number of benzene rings is 4. The van der Waals surface area contributed by atoms with Crippen molar-refractivity contribution in [3.05, 3.63) is 84.9 Å². The number of rotatable bonds is 18. The van der Waals surface area contributed by atoms with Gasteiger partial charge in [0.2, 0.25) is 20.0 Å². The van der Waals surface area contributed by atoms with E-state index >= 15 is 0 Å². The number of anilines is 4. The minimum atomic E-state index is -3.84. The fourth-order valence-electron chi connectivity index (χ4n) is 7.87. The maximum absolute atomic E-state index is 13.7. The molecule has 2 heterocycles. The van der Waals surface area contributed by atoms with E-state index in [1.165, 1.54) is 58.5 Å². The number of para-hydroxylation sites is 2. The molecule has 16 nitrogen and oxygen atoms in total. The van der Waals surface area contributed by atoms with Gasteiger partial charge in [0.25, 0.3) is 0 Å². The number of esters is 2. The normalized spacial score (nSPS) is 18.6. The van der Waals surface area contributed by atoms with E-state index < -0.39 is 44.2 Å². The predicted molar refractivity (Wildman–Crippen MR) is 267 cm³/mol. The average molecular weight is 1020 g/mol. The molecule has 0 amide bonds. The smallest absolute Gasteiger partial charge is 0.338 e. The molecule has 0 aromatic heterocycles. The predicted octanol–water partition coefficient (Wildman–Crippen LogP) is 7.30.